The van der Waals surface area contributed by atoms with Crippen molar-refractivity contribution in [3.05, 3.63) is 53.7 Å². The van der Waals surface area contributed by atoms with Crippen LogP contribution in [-0.4, -0.2) is 38.5 Å². The molecule has 0 spiro atoms. The topological polar surface area (TPSA) is 67.3 Å². The van der Waals surface area contributed by atoms with Gasteiger partial charge in [-0.15, -0.1) is 0 Å². The third-order valence-electron chi connectivity index (χ3n) is 5.20. The lowest BCUT2D eigenvalue weighted by Gasteiger charge is -2.33. The second-order valence-electron chi connectivity index (χ2n) is 8.02. The molecule has 1 aromatic carbocycles. The van der Waals surface area contributed by atoms with Gasteiger partial charge in [0.15, 0.2) is 15.6 Å². The summed E-state index contributed by atoms with van der Waals surface area (Å²) in [6.45, 7) is 5.62. The summed E-state index contributed by atoms with van der Waals surface area (Å²) in [5.74, 6) is 1.24. The highest BCUT2D eigenvalue weighted by Gasteiger charge is 2.28. The van der Waals surface area contributed by atoms with Gasteiger partial charge in [-0.3, -0.25) is 4.79 Å². The van der Waals surface area contributed by atoms with E-state index in [2.05, 4.69) is 31.0 Å². The number of nitrogens with zero attached hydrogens (tertiary/aromatic N) is 2. The fourth-order valence-electron chi connectivity index (χ4n) is 3.77. The van der Waals surface area contributed by atoms with E-state index in [1.807, 2.05) is 17.0 Å². The van der Waals surface area contributed by atoms with Crippen LogP contribution in [0.4, 0.5) is 5.82 Å². The van der Waals surface area contributed by atoms with E-state index in [1.54, 1.807) is 18.3 Å². The van der Waals surface area contributed by atoms with Crippen LogP contribution < -0.4 is 4.90 Å². The molecule has 0 amide bonds. The van der Waals surface area contributed by atoms with Gasteiger partial charge in [-0.1, -0.05) is 38.1 Å². The van der Waals surface area contributed by atoms with Gasteiger partial charge in [0.1, 0.15) is 10.7 Å². The van der Waals surface area contributed by atoms with Crippen LogP contribution in [0.1, 0.15) is 42.6 Å². The average molecular weight is 401 g/mol. The van der Waals surface area contributed by atoms with Gasteiger partial charge in [0, 0.05) is 37.0 Å². The van der Waals surface area contributed by atoms with E-state index >= 15 is 0 Å². The summed E-state index contributed by atoms with van der Waals surface area (Å²) in [6, 6.07) is 11.2. The smallest absolute Gasteiger partial charge is 0.179 e. The third-order valence-corrected chi connectivity index (χ3v) is 6.32. The fraction of sp³-hybridized carbons (Fsp3) is 0.455. The molecule has 150 valence electrons. The van der Waals surface area contributed by atoms with Crippen molar-refractivity contribution in [2.45, 2.75) is 38.0 Å². The minimum Gasteiger partial charge on any atom is -0.355 e. The Kier molecular flexibility index (Phi) is 6.18. The Bertz CT molecular complexity index is 929. The number of anilines is 1. The molecule has 0 radical (unpaired) electrons. The van der Waals surface area contributed by atoms with E-state index in [-0.39, 0.29) is 16.6 Å². The van der Waals surface area contributed by atoms with Crippen LogP contribution in [0.15, 0.2) is 47.5 Å². The maximum atomic E-state index is 12.9. The Morgan fingerprint density at radius 3 is 2.36 bits per heavy atom. The van der Waals surface area contributed by atoms with Gasteiger partial charge in [-0.05, 0) is 42.9 Å². The summed E-state index contributed by atoms with van der Waals surface area (Å²) in [5, 5.41) is 0. The molecule has 0 saturated carbocycles. The molecule has 2 aromatic rings. The Hall–Kier alpha value is -2.21. The van der Waals surface area contributed by atoms with E-state index in [1.165, 1.54) is 11.8 Å². The number of ketones is 1. The number of hydrogen-bond donors (Lipinski definition) is 0. The predicted octanol–water partition coefficient (Wildman–Crippen LogP) is 3.78. The fourth-order valence-corrected chi connectivity index (χ4v) is 4.61. The zero-order chi connectivity index (χ0) is 20.3. The van der Waals surface area contributed by atoms with Gasteiger partial charge < -0.3 is 4.90 Å². The molecule has 1 aliphatic heterocycles. The lowest BCUT2D eigenvalue weighted by Crippen LogP contribution is -2.37. The largest absolute Gasteiger partial charge is 0.355 e. The average Bonchev–Trinajstić information content (AvgIpc) is 2.67. The molecule has 0 unspecified atom stereocenters. The summed E-state index contributed by atoms with van der Waals surface area (Å²) in [5.41, 5.74) is 2.02. The molecule has 0 bridgehead atoms. The van der Waals surface area contributed by atoms with Crippen molar-refractivity contribution in [2.75, 3.05) is 24.2 Å². The van der Waals surface area contributed by atoms with E-state index < -0.39 is 9.84 Å². The van der Waals surface area contributed by atoms with Crippen molar-refractivity contribution in [2.24, 2.45) is 11.8 Å². The van der Waals surface area contributed by atoms with E-state index in [9.17, 15) is 13.2 Å². The number of rotatable bonds is 6. The molecule has 0 N–H and O–H groups in total. The number of aromatic nitrogens is 1. The van der Waals surface area contributed by atoms with E-state index in [0.29, 0.717) is 37.7 Å². The van der Waals surface area contributed by atoms with Crippen molar-refractivity contribution >= 4 is 21.4 Å². The molecule has 28 heavy (non-hydrogen) atoms. The zero-order valence-corrected chi connectivity index (χ0v) is 17.6. The number of hydrogen-bond acceptors (Lipinski definition) is 5. The molecule has 0 aliphatic carbocycles. The van der Waals surface area contributed by atoms with Gasteiger partial charge in [-0.2, -0.15) is 0 Å². The second kappa shape index (κ2) is 8.43. The lowest BCUT2D eigenvalue weighted by atomic mass is 9.88. The van der Waals surface area contributed by atoms with Gasteiger partial charge in [0.2, 0.25) is 0 Å². The number of carbonyl (C=O) groups is 1. The number of piperidine rings is 1. The number of Topliss-reactive ketones (excluding diaryl/α,β-unsaturated/α-hetero) is 1. The zero-order valence-electron chi connectivity index (χ0n) is 16.8. The monoisotopic (exact) mass is 400 g/mol. The standard InChI is InChI=1S/C22H28N2O3S/c1-16(2)15-17-6-8-18(9-7-17)21(25)19-10-13-24(14-11-19)22-20(28(3,26)27)5-4-12-23-22/h4-9,12,16,19H,10-11,13-15H2,1-3H3. The lowest BCUT2D eigenvalue weighted by molar-refractivity contribution is 0.0900. The first kappa shape index (κ1) is 20.5. The first-order valence-corrected chi connectivity index (χ1v) is 11.7. The highest BCUT2D eigenvalue weighted by Crippen LogP contribution is 2.28. The molecule has 0 atom stereocenters. The highest BCUT2D eigenvalue weighted by atomic mass is 32.2. The van der Waals surface area contributed by atoms with Crippen LogP contribution in [0.3, 0.4) is 0 Å². The molecule has 3 rings (SSSR count). The molecule has 1 aromatic heterocycles. The van der Waals surface area contributed by atoms with Gasteiger partial charge in [-0.25, -0.2) is 13.4 Å². The number of benzene rings is 1. The Labute approximate surface area is 167 Å². The minimum absolute atomic E-state index is 0.0300. The van der Waals surface area contributed by atoms with Crippen molar-refractivity contribution < 1.29 is 13.2 Å². The molecule has 1 fully saturated rings. The predicted molar refractivity (Wildman–Crippen MR) is 112 cm³/mol. The molecule has 5 nitrogen and oxygen atoms in total. The van der Waals surface area contributed by atoms with E-state index in [0.717, 1.165) is 12.0 Å². The van der Waals surface area contributed by atoms with Crippen LogP contribution in [-0.2, 0) is 16.3 Å². The molecular weight excluding hydrogens is 372 g/mol. The van der Waals surface area contributed by atoms with Crippen molar-refractivity contribution in [3.63, 3.8) is 0 Å². The molecule has 1 saturated heterocycles. The van der Waals surface area contributed by atoms with Crippen LogP contribution in [0.25, 0.3) is 0 Å². The quantitative estimate of drug-likeness (QED) is 0.690. The first-order valence-electron chi connectivity index (χ1n) is 9.79. The third kappa shape index (κ3) is 4.79. The summed E-state index contributed by atoms with van der Waals surface area (Å²) < 4.78 is 24.1. The van der Waals surface area contributed by atoms with Gasteiger partial charge in [0.05, 0.1) is 0 Å². The Balaban J connectivity index is 1.67. The summed E-state index contributed by atoms with van der Waals surface area (Å²) in [4.78, 5) is 19.4. The maximum Gasteiger partial charge on any atom is 0.179 e. The molecule has 6 heteroatoms. The molecule has 2 heterocycles. The summed E-state index contributed by atoms with van der Waals surface area (Å²) >= 11 is 0. The Morgan fingerprint density at radius 2 is 1.79 bits per heavy atom. The number of sulfone groups is 1. The highest BCUT2D eigenvalue weighted by molar-refractivity contribution is 7.90. The second-order valence-corrected chi connectivity index (χ2v) is 10.0. The van der Waals surface area contributed by atoms with Gasteiger partial charge in [0.25, 0.3) is 0 Å². The minimum atomic E-state index is -3.34. The maximum absolute atomic E-state index is 12.9. The van der Waals surface area contributed by atoms with Gasteiger partial charge >= 0.3 is 0 Å². The van der Waals surface area contributed by atoms with E-state index in [4.69, 9.17) is 0 Å². The van der Waals surface area contributed by atoms with Crippen LogP contribution in [0, 0.1) is 11.8 Å². The van der Waals surface area contributed by atoms with Crippen LogP contribution >= 0.6 is 0 Å². The van der Waals surface area contributed by atoms with Crippen molar-refractivity contribution in [1.82, 2.24) is 4.98 Å². The molecule has 1 aliphatic rings. The Morgan fingerprint density at radius 1 is 1.14 bits per heavy atom. The summed E-state index contributed by atoms with van der Waals surface area (Å²) in [6.07, 6.45) is 5.23. The number of pyridine rings is 1. The SMILES string of the molecule is CC(C)Cc1ccc(C(=O)C2CCN(c3ncccc3S(C)(=O)=O)CC2)cc1. The first-order chi connectivity index (χ1) is 13.3. The van der Waals surface area contributed by atoms with Crippen LogP contribution in [0.5, 0.6) is 0 Å². The van der Waals surface area contributed by atoms with Crippen molar-refractivity contribution in [3.8, 4) is 0 Å². The molecular formula is C22H28N2O3S. The van der Waals surface area contributed by atoms with Crippen molar-refractivity contribution in [1.29, 1.82) is 0 Å². The summed E-state index contributed by atoms with van der Waals surface area (Å²) in [7, 11) is -3.34. The normalized spacial score (nSPS) is 15.8. The number of carbonyl (C=O) groups excluding carboxylic acids is 1. The van der Waals surface area contributed by atoms with Crippen LogP contribution in [0.2, 0.25) is 0 Å².